The summed E-state index contributed by atoms with van der Waals surface area (Å²) in [7, 11) is 3.15. The maximum absolute atomic E-state index is 12.6. The zero-order chi connectivity index (χ0) is 18.6. The van der Waals surface area contributed by atoms with Crippen LogP contribution in [0.1, 0.15) is 25.8 Å². The van der Waals surface area contributed by atoms with E-state index in [4.69, 9.17) is 9.47 Å². The second kappa shape index (κ2) is 7.59. The number of rotatable bonds is 7. The first-order valence-electron chi connectivity index (χ1n) is 8.25. The van der Waals surface area contributed by atoms with E-state index in [1.54, 1.807) is 25.2 Å². The molecular weight excluding hydrogens is 320 g/mol. The van der Waals surface area contributed by atoms with Crippen LogP contribution in [0.4, 0.5) is 0 Å². The van der Waals surface area contributed by atoms with Crippen LogP contribution in [0, 0.1) is 5.92 Å². The second-order valence-electron chi connectivity index (χ2n) is 6.67. The molecule has 1 unspecified atom stereocenters. The average Bonchev–Trinajstić information content (AvgIpc) is 2.95. The molecule has 1 fully saturated rings. The van der Waals surface area contributed by atoms with Crippen LogP contribution in [-0.4, -0.2) is 44.0 Å². The van der Waals surface area contributed by atoms with E-state index in [-0.39, 0.29) is 24.2 Å². The summed E-state index contributed by atoms with van der Waals surface area (Å²) in [5, 5.41) is 3.05. The Morgan fingerprint density at radius 1 is 1.36 bits per heavy atom. The van der Waals surface area contributed by atoms with Crippen molar-refractivity contribution in [2.45, 2.75) is 25.8 Å². The predicted octanol–water partition coefficient (Wildman–Crippen LogP) is 2.09. The molecule has 0 aromatic heterocycles. The molecule has 0 spiro atoms. The molecule has 0 radical (unpaired) electrons. The molecule has 2 rings (SSSR count). The molecule has 2 amide bonds. The summed E-state index contributed by atoms with van der Waals surface area (Å²) in [6, 6.07) is 5.56. The van der Waals surface area contributed by atoms with Crippen LogP contribution in [0.2, 0.25) is 0 Å². The van der Waals surface area contributed by atoms with Crippen molar-refractivity contribution in [3.8, 4) is 11.5 Å². The normalized spacial score (nSPS) is 17.4. The van der Waals surface area contributed by atoms with Crippen LogP contribution < -0.4 is 14.8 Å². The van der Waals surface area contributed by atoms with Crippen molar-refractivity contribution >= 4 is 11.8 Å². The average molecular weight is 346 g/mol. The number of amides is 2. The number of hydrogen-bond acceptors (Lipinski definition) is 4. The quantitative estimate of drug-likeness (QED) is 0.768. The van der Waals surface area contributed by atoms with Crippen LogP contribution in [0.15, 0.2) is 30.9 Å². The van der Waals surface area contributed by atoms with E-state index in [0.29, 0.717) is 24.6 Å². The van der Waals surface area contributed by atoms with Gasteiger partial charge in [-0.2, -0.15) is 0 Å². The summed E-state index contributed by atoms with van der Waals surface area (Å²) >= 11 is 0. The van der Waals surface area contributed by atoms with Crippen molar-refractivity contribution in [2.75, 3.05) is 27.3 Å². The number of carbonyl (C=O) groups excluding carboxylic acids is 2. The SMILES string of the molecule is C=CCN1CC(C(=O)NC(C)(C)c2ccc(OC)c(OC)c2)CC1=O. The third kappa shape index (κ3) is 4.13. The van der Waals surface area contributed by atoms with Crippen molar-refractivity contribution in [1.29, 1.82) is 0 Å². The van der Waals surface area contributed by atoms with Gasteiger partial charge in [0.05, 0.1) is 25.7 Å². The Hall–Kier alpha value is -2.50. The van der Waals surface area contributed by atoms with Gasteiger partial charge in [-0.05, 0) is 31.5 Å². The molecule has 1 heterocycles. The first-order chi connectivity index (χ1) is 11.8. The molecule has 1 N–H and O–H groups in total. The van der Waals surface area contributed by atoms with Gasteiger partial charge < -0.3 is 19.7 Å². The zero-order valence-electron chi connectivity index (χ0n) is 15.3. The van der Waals surface area contributed by atoms with Gasteiger partial charge in [-0.25, -0.2) is 0 Å². The molecule has 1 aromatic rings. The molecule has 6 nitrogen and oxygen atoms in total. The van der Waals surface area contributed by atoms with Crippen LogP contribution in [0.3, 0.4) is 0 Å². The van der Waals surface area contributed by atoms with Gasteiger partial charge in [0.25, 0.3) is 0 Å². The molecule has 136 valence electrons. The highest BCUT2D eigenvalue weighted by atomic mass is 16.5. The van der Waals surface area contributed by atoms with E-state index in [1.165, 1.54) is 0 Å². The minimum atomic E-state index is -0.606. The Morgan fingerprint density at radius 3 is 2.64 bits per heavy atom. The topological polar surface area (TPSA) is 67.9 Å². The molecule has 1 aromatic carbocycles. The fourth-order valence-electron chi connectivity index (χ4n) is 2.99. The summed E-state index contributed by atoms with van der Waals surface area (Å²) in [6.45, 7) is 8.39. The lowest BCUT2D eigenvalue weighted by atomic mass is 9.92. The van der Waals surface area contributed by atoms with Crippen LogP contribution in [0.25, 0.3) is 0 Å². The van der Waals surface area contributed by atoms with E-state index in [9.17, 15) is 9.59 Å². The van der Waals surface area contributed by atoms with Gasteiger partial charge in [0, 0.05) is 19.5 Å². The molecule has 25 heavy (non-hydrogen) atoms. The van der Waals surface area contributed by atoms with Crippen LogP contribution >= 0.6 is 0 Å². The van der Waals surface area contributed by atoms with Crippen molar-refractivity contribution in [3.05, 3.63) is 36.4 Å². The largest absolute Gasteiger partial charge is 0.493 e. The van der Waals surface area contributed by atoms with E-state index >= 15 is 0 Å². The number of carbonyl (C=O) groups is 2. The lowest BCUT2D eigenvalue weighted by Crippen LogP contribution is -2.44. The van der Waals surface area contributed by atoms with Gasteiger partial charge in [0.2, 0.25) is 11.8 Å². The Balaban J connectivity index is 2.11. The van der Waals surface area contributed by atoms with Gasteiger partial charge in [-0.15, -0.1) is 6.58 Å². The second-order valence-corrected chi connectivity index (χ2v) is 6.67. The first-order valence-corrected chi connectivity index (χ1v) is 8.25. The number of nitrogens with zero attached hydrogens (tertiary/aromatic N) is 1. The number of likely N-dealkylation sites (tertiary alicyclic amines) is 1. The summed E-state index contributed by atoms with van der Waals surface area (Å²) in [5.41, 5.74) is 0.289. The highest BCUT2D eigenvalue weighted by molar-refractivity contribution is 5.89. The van der Waals surface area contributed by atoms with Crippen molar-refractivity contribution in [3.63, 3.8) is 0 Å². The van der Waals surface area contributed by atoms with E-state index in [0.717, 1.165) is 5.56 Å². The maximum Gasteiger partial charge on any atom is 0.226 e. The summed E-state index contributed by atoms with van der Waals surface area (Å²) in [6.07, 6.45) is 1.91. The lowest BCUT2D eigenvalue weighted by Gasteiger charge is -2.29. The number of hydrogen-bond donors (Lipinski definition) is 1. The van der Waals surface area contributed by atoms with E-state index in [1.807, 2.05) is 32.0 Å². The van der Waals surface area contributed by atoms with Gasteiger partial charge in [-0.1, -0.05) is 12.1 Å². The van der Waals surface area contributed by atoms with Crippen LogP contribution in [-0.2, 0) is 15.1 Å². The summed E-state index contributed by atoms with van der Waals surface area (Å²) in [5.74, 6) is 0.765. The Kier molecular flexibility index (Phi) is 5.72. The Bertz CT molecular complexity index is 669. The summed E-state index contributed by atoms with van der Waals surface area (Å²) < 4.78 is 10.6. The van der Waals surface area contributed by atoms with Gasteiger partial charge >= 0.3 is 0 Å². The third-order valence-corrected chi connectivity index (χ3v) is 4.48. The summed E-state index contributed by atoms with van der Waals surface area (Å²) in [4.78, 5) is 26.2. The Morgan fingerprint density at radius 2 is 2.04 bits per heavy atom. The molecule has 0 aliphatic carbocycles. The predicted molar refractivity (Wildman–Crippen MR) is 95.6 cm³/mol. The van der Waals surface area contributed by atoms with Crippen LogP contribution in [0.5, 0.6) is 11.5 Å². The molecule has 1 aliphatic rings. The highest BCUT2D eigenvalue weighted by Crippen LogP contribution is 2.32. The highest BCUT2D eigenvalue weighted by Gasteiger charge is 2.36. The molecule has 1 saturated heterocycles. The number of benzene rings is 1. The molecule has 0 saturated carbocycles. The molecule has 1 atom stereocenters. The standard InChI is InChI=1S/C19H26N2O4/c1-6-9-21-12-13(10-17(21)22)18(23)20-19(2,3)14-7-8-15(24-4)16(11-14)25-5/h6-8,11,13H,1,9-10,12H2,2-5H3,(H,20,23). The minimum absolute atomic E-state index is 0.0102. The third-order valence-electron chi connectivity index (χ3n) is 4.48. The smallest absolute Gasteiger partial charge is 0.226 e. The fourth-order valence-corrected chi connectivity index (χ4v) is 2.99. The van der Waals surface area contributed by atoms with Gasteiger partial charge in [-0.3, -0.25) is 9.59 Å². The first kappa shape index (κ1) is 18.8. The zero-order valence-corrected chi connectivity index (χ0v) is 15.3. The maximum atomic E-state index is 12.6. The minimum Gasteiger partial charge on any atom is -0.493 e. The Labute approximate surface area is 148 Å². The molecule has 6 heteroatoms. The van der Waals surface area contributed by atoms with E-state index in [2.05, 4.69) is 11.9 Å². The monoisotopic (exact) mass is 346 g/mol. The fraction of sp³-hybridized carbons (Fsp3) is 0.474. The number of nitrogens with one attached hydrogen (secondary N) is 1. The molecular formula is C19H26N2O4. The number of ether oxygens (including phenoxy) is 2. The van der Waals surface area contributed by atoms with E-state index < -0.39 is 5.54 Å². The van der Waals surface area contributed by atoms with Crippen molar-refractivity contribution in [2.24, 2.45) is 5.92 Å². The lowest BCUT2D eigenvalue weighted by molar-refractivity contribution is -0.129. The van der Waals surface area contributed by atoms with Crippen molar-refractivity contribution < 1.29 is 19.1 Å². The van der Waals surface area contributed by atoms with Gasteiger partial charge in [0.15, 0.2) is 11.5 Å². The van der Waals surface area contributed by atoms with Gasteiger partial charge in [0.1, 0.15) is 0 Å². The molecule has 1 aliphatic heterocycles. The molecule has 0 bridgehead atoms. The number of methoxy groups -OCH3 is 2. The van der Waals surface area contributed by atoms with Crippen molar-refractivity contribution in [1.82, 2.24) is 10.2 Å².